The summed E-state index contributed by atoms with van der Waals surface area (Å²) < 4.78 is 25.2. The second kappa shape index (κ2) is 11.5. The Kier molecular flexibility index (Phi) is 8.49. The highest BCUT2D eigenvalue weighted by molar-refractivity contribution is 5.75. The Bertz CT molecular complexity index is 798. The molecule has 3 aliphatic rings. The molecule has 0 N–H and O–H groups in total. The van der Waals surface area contributed by atoms with E-state index in [4.69, 9.17) is 9.47 Å². The summed E-state index contributed by atoms with van der Waals surface area (Å²) in [4.78, 5) is 13.1. The molecule has 0 spiro atoms. The van der Waals surface area contributed by atoms with Crippen molar-refractivity contribution in [3.63, 3.8) is 0 Å². The zero-order valence-corrected chi connectivity index (χ0v) is 20.3. The first-order valence-corrected chi connectivity index (χ1v) is 13.3. The van der Waals surface area contributed by atoms with E-state index in [2.05, 4.69) is 13.5 Å². The average molecular weight is 457 g/mol. The van der Waals surface area contributed by atoms with Crippen molar-refractivity contribution in [2.45, 2.75) is 84.0 Å². The van der Waals surface area contributed by atoms with Gasteiger partial charge in [-0.25, -0.2) is 4.39 Å². The van der Waals surface area contributed by atoms with E-state index >= 15 is 0 Å². The lowest BCUT2D eigenvalue weighted by Crippen LogP contribution is -2.40. The summed E-state index contributed by atoms with van der Waals surface area (Å²) in [6.45, 7) is 6.12. The fraction of sp³-hybridized carbons (Fsp3) is 0.690. The van der Waals surface area contributed by atoms with E-state index in [1.807, 2.05) is 0 Å². The first-order chi connectivity index (χ1) is 16.1. The number of hydrogen-bond acceptors (Lipinski definition) is 3. The van der Waals surface area contributed by atoms with Crippen LogP contribution in [0.4, 0.5) is 4.39 Å². The molecule has 3 nitrogen and oxygen atoms in total. The maximum absolute atomic E-state index is 14.3. The molecule has 182 valence electrons. The minimum Gasteiger partial charge on any atom is -0.486 e. The zero-order valence-electron chi connectivity index (χ0n) is 20.3. The van der Waals surface area contributed by atoms with Crippen LogP contribution < -0.4 is 9.47 Å². The van der Waals surface area contributed by atoms with E-state index in [0.29, 0.717) is 11.8 Å². The van der Waals surface area contributed by atoms with Crippen LogP contribution in [0.3, 0.4) is 0 Å². The van der Waals surface area contributed by atoms with Gasteiger partial charge < -0.3 is 9.47 Å². The topological polar surface area (TPSA) is 35.5 Å². The number of fused-ring (bicyclic) bond motifs is 1. The van der Waals surface area contributed by atoms with Gasteiger partial charge in [0, 0.05) is 6.07 Å². The standard InChI is InChI=1S/C29H41FO3/c1-3-6-20-9-11-21(12-10-20)22-13-15-25-23(18-22)7-5-8-26(25)29(31)33-24-14-16-28(27(30)19-24)32-17-4-2/h4,14,16,19-23,25-26H,2-3,5-13,15,17-18H2,1H3. The summed E-state index contributed by atoms with van der Waals surface area (Å²) in [5, 5.41) is 0. The monoisotopic (exact) mass is 456 g/mol. The summed E-state index contributed by atoms with van der Waals surface area (Å²) >= 11 is 0. The van der Waals surface area contributed by atoms with Gasteiger partial charge in [0.2, 0.25) is 0 Å². The van der Waals surface area contributed by atoms with Gasteiger partial charge in [-0.15, -0.1) is 0 Å². The third kappa shape index (κ3) is 6.00. The number of rotatable bonds is 8. The Balaban J connectivity index is 1.32. The minimum absolute atomic E-state index is 0.0512. The molecule has 4 rings (SSSR count). The first-order valence-electron chi connectivity index (χ1n) is 13.3. The largest absolute Gasteiger partial charge is 0.486 e. The molecule has 0 amide bonds. The molecule has 1 aromatic carbocycles. The summed E-state index contributed by atoms with van der Waals surface area (Å²) in [6, 6.07) is 4.39. The summed E-state index contributed by atoms with van der Waals surface area (Å²) in [5.41, 5.74) is 0. The molecule has 4 unspecified atom stereocenters. The van der Waals surface area contributed by atoms with E-state index in [1.165, 1.54) is 69.9 Å². The fourth-order valence-electron chi connectivity index (χ4n) is 7.08. The molecule has 3 aliphatic carbocycles. The SMILES string of the molecule is C=CCOc1ccc(OC(=O)C2CCCC3CC(C4CCC(CCC)CC4)CCC32)cc1F. The van der Waals surface area contributed by atoms with Crippen LogP contribution in [0, 0.1) is 41.3 Å². The molecule has 0 aliphatic heterocycles. The van der Waals surface area contributed by atoms with Crippen molar-refractivity contribution >= 4 is 5.97 Å². The summed E-state index contributed by atoms with van der Waals surface area (Å²) in [6.07, 6.45) is 16.9. The lowest BCUT2D eigenvalue weighted by atomic mass is 9.59. The van der Waals surface area contributed by atoms with Crippen molar-refractivity contribution in [2.24, 2.45) is 35.5 Å². The third-order valence-corrected chi connectivity index (χ3v) is 8.72. The van der Waals surface area contributed by atoms with Crippen molar-refractivity contribution in [2.75, 3.05) is 6.61 Å². The number of hydrogen-bond donors (Lipinski definition) is 0. The van der Waals surface area contributed by atoms with Crippen molar-refractivity contribution < 1.29 is 18.7 Å². The maximum atomic E-state index is 14.3. The van der Waals surface area contributed by atoms with Crippen LogP contribution in [0.25, 0.3) is 0 Å². The smallest absolute Gasteiger partial charge is 0.314 e. The van der Waals surface area contributed by atoms with Gasteiger partial charge in [-0.2, -0.15) is 0 Å². The molecule has 0 heterocycles. The molecular formula is C29H41FO3. The van der Waals surface area contributed by atoms with Crippen molar-refractivity contribution in [3.8, 4) is 11.5 Å². The van der Waals surface area contributed by atoms with Crippen LogP contribution in [-0.2, 0) is 4.79 Å². The molecule has 33 heavy (non-hydrogen) atoms. The Hall–Kier alpha value is -1.84. The van der Waals surface area contributed by atoms with Crippen LogP contribution in [0.5, 0.6) is 11.5 Å². The third-order valence-electron chi connectivity index (χ3n) is 8.72. The van der Waals surface area contributed by atoms with Gasteiger partial charge >= 0.3 is 5.97 Å². The van der Waals surface area contributed by atoms with E-state index in [1.54, 1.807) is 12.1 Å². The summed E-state index contributed by atoms with van der Waals surface area (Å²) in [5.74, 6) is 3.46. The van der Waals surface area contributed by atoms with E-state index in [0.717, 1.165) is 37.0 Å². The van der Waals surface area contributed by atoms with Gasteiger partial charge in [0.1, 0.15) is 12.4 Å². The second-order valence-corrected chi connectivity index (χ2v) is 10.7. The molecule has 0 bridgehead atoms. The zero-order chi connectivity index (χ0) is 23.2. The van der Waals surface area contributed by atoms with Crippen molar-refractivity contribution in [1.29, 1.82) is 0 Å². The van der Waals surface area contributed by atoms with Crippen molar-refractivity contribution in [1.82, 2.24) is 0 Å². The van der Waals surface area contributed by atoms with Crippen LogP contribution in [0.15, 0.2) is 30.9 Å². The average Bonchev–Trinajstić information content (AvgIpc) is 2.83. The van der Waals surface area contributed by atoms with Gasteiger partial charge in [0.25, 0.3) is 0 Å². The molecular weight excluding hydrogens is 415 g/mol. The van der Waals surface area contributed by atoms with E-state index in [9.17, 15) is 9.18 Å². The normalized spacial score (nSPS) is 31.9. The lowest BCUT2D eigenvalue weighted by Gasteiger charge is -2.46. The number of carbonyl (C=O) groups is 1. The van der Waals surface area contributed by atoms with Gasteiger partial charge in [-0.1, -0.05) is 58.1 Å². The Morgan fingerprint density at radius 2 is 1.85 bits per heavy atom. The molecule has 0 saturated heterocycles. The predicted molar refractivity (Wildman–Crippen MR) is 130 cm³/mol. The molecule has 4 heteroatoms. The molecule has 3 saturated carbocycles. The Morgan fingerprint density at radius 3 is 2.58 bits per heavy atom. The number of esters is 1. The highest BCUT2D eigenvalue weighted by Gasteiger charge is 2.43. The van der Waals surface area contributed by atoms with Crippen molar-refractivity contribution in [3.05, 3.63) is 36.7 Å². The highest BCUT2D eigenvalue weighted by Crippen LogP contribution is 2.50. The molecule has 0 radical (unpaired) electrons. The van der Waals surface area contributed by atoms with Crippen LogP contribution in [0.1, 0.15) is 84.0 Å². The second-order valence-electron chi connectivity index (χ2n) is 10.7. The molecule has 1 aromatic rings. The number of benzene rings is 1. The lowest BCUT2D eigenvalue weighted by molar-refractivity contribution is -0.144. The quantitative estimate of drug-likeness (QED) is 0.228. The number of ether oxygens (including phenoxy) is 2. The minimum atomic E-state index is -0.516. The van der Waals surface area contributed by atoms with E-state index in [-0.39, 0.29) is 30.0 Å². The van der Waals surface area contributed by atoms with Gasteiger partial charge in [0.05, 0.1) is 5.92 Å². The van der Waals surface area contributed by atoms with Gasteiger partial charge in [-0.05, 0) is 80.2 Å². The fourth-order valence-corrected chi connectivity index (χ4v) is 7.08. The Morgan fingerprint density at radius 1 is 1.06 bits per heavy atom. The van der Waals surface area contributed by atoms with Crippen LogP contribution >= 0.6 is 0 Å². The summed E-state index contributed by atoms with van der Waals surface area (Å²) in [7, 11) is 0. The van der Waals surface area contributed by atoms with E-state index < -0.39 is 5.82 Å². The molecule has 0 aromatic heterocycles. The molecule has 3 fully saturated rings. The number of halogens is 1. The van der Waals surface area contributed by atoms with Crippen LogP contribution in [0.2, 0.25) is 0 Å². The molecule has 4 atom stereocenters. The first kappa shape index (κ1) is 24.3. The predicted octanol–water partition coefficient (Wildman–Crippen LogP) is 7.74. The van der Waals surface area contributed by atoms with Gasteiger partial charge in [0.15, 0.2) is 11.6 Å². The van der Waals surface area contributed by atoms with Gasteiger partial charge in [-0.3, -0.25) is 4.79 Å². The number of carbonyl (C=O) groups excluding carboxylic acids is 1. The van der Waals surface area contributed by atoms with Crippen LogP contribution in [-0.4, -0.2) is 12.6 Å². The Labute approximate surface area is 199 Å². The maximum Gasteiger partial charge on any atom is 0.314 e. The highest BCUT2D eigenvalue weighted by atomic mass is 19.1.